The van der Waals surface area contributed by atoms with Gasteiger partial charge in [-0.15, -0.1) is 0 Å². The molecule has 1 amide bonds. The van der Waals surface area contributed by atoms with Crippen molar-refractivity contribution in [3.05, 3.63) is 47.5 Å². The van der Waals surface area contributed by atoms with Gasteiger partial charge in [0.2, 0.25) is 5.75 Å². The molecule has 2 unspecified atom stereocenters. The van der Waals surface area contributed by atoms with Crippen LogP contribution >= 0.6 is 0 Å². The van der Waals surface area contributed by atoms with E-state index in [2.05, 4.69) is 21.4 Å². The van der Waals surface area contributed by atoms with Crippen molar-refractivity contribution in [1.29, 1.82) is 0 Å². The summed E-state index contributed by atoms with van der Waals surface area (Å²) >= 11 is 0. The van der Waals surface area contributed by atoms with E-state index in [1.165, 1.54) is 27.4 Å². The van der Waals surface area contributed by atoms with Gasteiger partial charge in [-0.1, -0.05) is 12.1 Å². The van der Waals surface area contributed by atoms with Gasteiger partial charge in [0.15, 0.2) is 11.5 Å². The second-order valence-electron chi connectivity index (χ2n) is 6.99. The van der Waals surface area contributed by atoms with Crippen LogP contribution in [-0.4, -0.2) is 45.5 Å². The fourth-order valence-corrected chi connectivity index (χ4v) is 3.25. The number of carbonyl (C=O) groups is 2. The van der Waals surface area contributed by atoms with E-state index >= 15 is 0 Å². The number of benzene rings is 2. The number of nitrogens with one attached hydrogen (secondary N) is 3. The summed E-state index contributed by atoms with van der Waals surface area (Å²) in [5.41, 5.74) is 10.3. The lowest BCUT2D eigenvalue weighted by atomic mass is 10.0. The Morgan fingerprint density at radius 1 is 1.03 bits per heavy atom. The zero-order valence-corrected chi connectivity index (χ0v) is 18.3. The highest BCUT2D eigenvalue weighted by molar-refractivity contribution is 5.86. The molecule has 0 spiro atoms. The van der Waals surface area contributed by atoms with Crippen molar-refractivity contribution in [1.82, 2.24) is 16.3 Å². The highest BCUT2D eigenvalue weighted by Gasteiger charge is 2.30. The Morgan fingerprint density at radius 3 is 2.25 bits per heavy atom. The number of hydrogen-bond donors (Lipinski definition) is 3. The van der Waals surface area contributed by atoms with Crippen molar-refractivity contribution in [2.24, 2.45) is 5.10 Å². The van der Waals surface area contributed by atoms with E-state index in [9.17, 15) is 9.59 Å². The third-order valence-corrected chi connectivity index (χ3v) is 4.85. The van der Waals surface area contributed by atoms with Gasteiger partial charge >= 0.3 is 5.97 Å². The van der Waals surface area contributed by atoms with Gasteiger partial charge in [-0.3, -0.25) is 9.59 Å². The van der Waals surface area contributed by atoms with Crippen molar-refractivity contribution in [2.75, 3.05) is 21.3 Å². The lowest BCUT2D eigenvalue weighted by Gasteiger charge is -2.13. The van der Waals surface area contributed by atoms with Crippen molar-refractivity contribution in [2.45, 2.75) is 25.4 Å². The maximum atomic E-state index is 12.5. The standard InChI is InChI=1S/C22H26N4O6/c1-13(27)32-21-19(30-3)9-14(10-20(21)31-4)12-23-26-22(28)18-11-17(24-25-18)15-5-7-16(29-2)8-6-15/h5-10,12,17-18,24-25H,11H2,1-4H3,(H,26,28)/b23-12+. The number of hydrazine groups is 1. The number of amides is 1. The average Bonchev–Trinajstić information content (AvgIpc) is 3.29. The van der Waals surface area contributed by atoms with Crippen LogP contribution in [0.1, 0.15) is 30.5 Å². The Kier molecular flexibility index (Phi) is 7.63. The first-order valence-corrected chi connectivity index (χ1v) is 9.87. The number of ether oxygens (including phenoxy) is 4. The highest BCUT2D eigenvalue weighted by Crippen LogP contribution is 2.38. The van der Waals surface area contributed by atoms with Gasteiger partial charge in [0, 0.05) is 18.5 Å². The summed E-state index contributed by atoms with van der Waals surface area (Å²) in [6.07, 6.45) is 2.01. The molecule has 0 aliphatic carbocycles. The zero-order chi connectivity index (χ0) is 23.1. The molecular formula is C22H26N4O6. The molecule has 1 saturated heterocycles. The third-order valence-electron chi connectivity index (χ3n) is 4.85. The van der Waals surface area contributed by atoms with E-state index in [1.54, 1.807) is 19.2 Å². The van der Waals surface area contributed by atoms with Gasteiger partial charge in [-0.25, -0.2) is 16.3 Å². The number of nitrogens with zero attached hydrogens (tertiary/aromatic N) is 1. The Hall–Kier alpha value is -3.63. The molecule has 3 N–H and O–H groups in total. The SMILES string of the molecule is COc1ccc(C2CC(C(=O)N/N=C/c3cc(OC)c(OC(C)=O)c(OC)c3)NN2)cc1. The zero-order valence-electron chi connectivity index (χ0n) is 18.3. The molecular weight excluding hydrogens is 416 g/mol. The molecule has 2 aromatic rings. The lowest BCUT2D eigenvalue weighted by Crippen LogP contribution is -2.41. The van der Waals surface area contributed by atoms with Crippen molar-refractivity contribution in [3.8, 4) is 23.0 Å². The van der Waals surface area contributed by atoms with Crippen LogP contribution in [-0.2, 0) is 9.59 Å². The Balaban J connectivity index is 1.62. The van der Waals surface area contributed by atoms with E-state index < -0.39 is 12.0 Å². The van der Waals surface area contributed by atoms with Crippen molar-refractivity contribution >= 4 is 18.1 Å². The molecule has 0 saturated carbocycles. The summed E-state index contributed by atoms with van der Waals surface area (Å²) in [6, 6.07) is 10.4. The number of esters is 1. The summed E-state index contributed by atoms with van der Waals surface area (Å²) in [7, 11) is 4.51. The summed E-state index contributed by atoms with van der Waals surface area (Å²) in [5.74, 6) is 0.778. The van der Waals surface area contributed by atoms with E-state index in [4.69, 9.17) is 18.9 Å². The maximum absolute atomic E-state index is 12.5. The molecule has 170 valence electrons. The molecule has 1 aliphatic heterocycles. The lowest BCUT2D eigenvalue weighted by molar-refractivity contribution is -0.132. The molecule has 0 bridgehead atoms. The minimum atomic E-state index is -0.499. The molecule has 10 nitrogen and oxygen atoms in total. The van der Waals surface area contributed by atoms with E-state index in [0.29, 0.717) is 23.5 Å². The second-order valence-corrected chi connectivity index (χ2v) is 6.99. The molecule has 32 heavy (non-hydrogen) atoms. The highest BCUT2D eigenvalue weighted by atomic mass is 16.6. The third kappa shape index (κ3) is 5.54. The summed E-state index contributed by atoms with van der Waals surface area (Å²) < 4.78 is 20.9. The van der Waals surface area contributed by atoms with Crippen LogP contribution in [0.25, 0.3) is 0 Å². The van der Waals surface area contributed by atoms with Crippen LogP contribution in [0.2, 0.25) is 0 Å². The van der Waals surface area contributed by atoms with Crippen LogP contribution in [0.5, 0.6) is 23.0 Å². The van der Waals surface area contributed by atoms with Crippen LogP contribution in [0.4, 0.5) is 0 Å². The molecule has 1 aliphatic rings. The van der Waals surface area contributed by atoms with Gasteiger partial charge in [0.1, 0.15) is 11.8 Å². The summed E-state index contributed by atoms with van der Waals surface area (Å²) in [5, 5.41) is 4.02. The van der Waals surface area contributed by atoms with E-state index in [-0.39, 0.29) is 17.7 Å². The molecule has 2 aromatic carbocycles. The van der Waals surface area contributed by atoms with Gasteiger partial charge in [0.05, 0.1) is 27.5 Å². The normalized spacial score (nSPS) is 17.8. The quantitative estimate of drug-likeness (QED) is 0.245. The minimum Gasteiger partial charge on any atom is -0.497 e. The Bertz CT molecular complexity index is 967. The summed E-state index contributed by atoms with van der Waals surface area (Å²) in [6.45, 7) is 1.29. The molecule has 3 rings (SSSR count). The first kappa shape index (κ1) is 23.0. The minimum absolute atomic E-state index is 0.0111. The fraction of sp³-hybridized carbons (Fsp3) is 0.318. The van der Waals surface area contributed by atoms with Crippen LogP contribution in [0.3, 0.4) is 0 Å². The molecule has 0 radical (unpaired) electrons. The fourth-order valence-electron chi connectivity index (χ4n) is 3.25. The molecule has 2 atom stereocenters. The Morgan fingerprint density at radius 2 is 1.69 bits per heavy atom. The van der Waals surface area contributed by atoms with Crippen LogP contribution < -0.4 is 35.2 Å². The number of hydrazone groups is 1. The number of methoxy groups -OCH3 is 3. The van der Waals surface area contributed by atoms with E-state index in [1.807, 2.05) is 24.3 Å². The number of carbonyl (C=O) groups excluding carboxylic acids is 2. The maximum Gasteiger partial charge on any atom is 0.308 e. The molecule has 1 fully saturated rings. The molecule has 0 aromatic heterocycles. The predicted molar refractivity (Wildman–Crippen MR) is 117 cm³/mol. The number of rotatable bonds is 8. The van der Waals surface area contributed by atoms with Crippen LogP contribution in [0, 0.1) is 0 Å². The molecule has 1 heterocycles. The van der Waals surface area contributed by atoms with Crippen molar-refractivity contribution in [3.63, 3.8) is 0 Å². The van der Waals surface area contributed by atoms with Gasteiger partial charge in [-0.05, 0) is 36.2 Å². The smallest absolute Gasteiger partial charge is 0.308 e. The second kappa shape index (κ2) is 10.6. The van der Waals surface area contributed by atoms with E-state index in [0.717, 1.165) is 11.3 Å². The van der Waals surface area contributed by atoms with Crippen LogP contribution in [0.15, 0.2) is 41.5 Å². The molecule has 10 heteroatoms. The average molecular weight is 442 g/mol. The Labute approximate surface area is 185 Å². The van der Waals surface area contributed by atoms with Gasteiger partial charge < -0.3 is 18.9 Å². The first-order valence-electron chi connectivity index (χ1n) is 9.87. The monoisotopic (exact) mass is 442 g/mol. The van der Waals surface area contributed by atoms with Gasteiger partial charge in [0.25, 0.3) is 5.91 Å². The largest absolute Gasteiger partial charge is 0.497 e. The predicted octanol–water partition coefficient (Wildman–Crippen LogP) is 1.70. The van der Waals surface area contributed by atoms with Crippen molar-refractivity contribution < 1.29 is 28.5 Å². The first-order chi connectivity index (χ1) is 15.4. The summed E-state index contributed by atoms with van der Waals surface area (Å²) in [4.78, 5) is 23.8. The van der Waals surface area contributed by atoms with Gasteiger partial charge in [-0.2, -0.15) is 5.10 Å². The number of hydrogen-bond acceptors (Lipinski definition) is 9. The topological polar surface area (TPSA) is 120 Å².